The molecule has 1 aromatic carbocycles. The number of halogens is 1. The maximum absolute atomic E-state index is 6.02. The van der Waals surface area contributed by atoms with E-state index in [0.29, 0.717) is 12.1 Å². The monoisotopic (exact) mass is 322 g/mol. The molecule has 3 rings (SSSR count). The summed E-state index contributed by atoms with van der Waals surface area (Å²) in [6.07, 6.45) is 5.05. The maximum Gasteiger partial charge on any atom is 0.0357 e. The molecule has 1 saturated heterocycles. The average Bonchev–Trinajstić information content (AvgIpc) is 2.81. The van der Waals surface area contributed by atoms with Crippen molar-refractivity contribution in [2.24, 2.45) is 11.7 Å². The van der Waals surface area contributed by atoms with E-state index in [0.717, 1.165) is 12.5 Å². The Hall–Kier alpha value is -0.380. The van der Waals surface area contributed by atoms with Crippen molar-refractivity contribution >= 4 is 15.9 Å². The molecule has 19 heavy (non-hydrogen) atoms. The van der Waals surface area contributed by atoms with Crippen LogP contribution in [-0.4, -0.2) is 24.0 Å². The highest BCUT2D eigenvalue weighted by molar-refractivity contribution is 9.10. The molecule has 0 saturated carbocycles. The topological polar surface area (TPSA) is 29.3 Å². The van der Waals surface area contributed by atoms with Crippen LogP contribution in [0.3, 0.4) is 0 Å². The highest BCUT2D eigenvalue weighted by Gasteiger charge is 2.34. The van der Waals surface area contributed by atoms with Crippen LogP contribution < -0.4 is 5.73 Å². The van der Waals surface area contributed by atoms with Gasteiger partial charge >= 0.3 is 0 Å². The van der Waals surface area contributed by atoms with E-state index in [1.165, 1.54) is 47.8 Å². The smallest absolute Gasteiger partial charge is 0.0357 e. The van der Waals surface area contributed by atoms with Crippen molar-refractivity contribution < 1.29 is 0 Å². The van der Waals surface area contributed by atoms with Gasteiger partial charge < -0.3 is 5.73 Å². The Balaban J connectivity index is 1.84. The lowest BCUT2D eigenvalue weighted by molar-refractivity contribution is 0.0759. The fraction of sp³-hybridized carbons (Fsp3) is 0.625. The van der Waals surface area contributed by atoms with Gasteiger partial charge in [0.2, 0.25) is 0 Å². The van der Waals surface area contributed by atoms with Crippen LogP contribution in [0.2, 0.25) is 0 Å². The molecule has 104 valence electrons. The Morgan fingerprint density at radius 1 is 1.37 bits per heavy atom. The van der Waals surface area contributed by atoms with Crippen LogP contribution in [0.4, 0.5) is 0 Å². The maximum atomic E-state index is 6.02. The summed E-state index contributed by atoms with van der Waals surface area (Å²) < 4.78 is 1.20. The van der Waals surface area contributed by atoms with Gasteiger partial charge in [0, 0.05) is 23.1 Å². The second kappa shape index (κ2) is 5.55. The van der Waals surface area contributed by atoms with E-state index in [9.17, 15) is 0 Å². The molecule has 2 nitrogen and oxygen atoms in total. The third-order valence-electron chi connectivity index (χ3n) is 4.85. The van der Waals surface area contributed by atoms with Crippen LogP contribution >= 0.6 is 15.9 Å². The van der Waals surface area contributed by atoms with Crippen LogP contribution in [0.1, 0.15) is 43.4 Å². The van der Waals surface area contributed by atoms with Gasteiger partial charge in [-0.1, -0.05) is 28.9 Å². The number of rotatable bonds is 2. The van der Waals surface area contributed by atoms with Crippen molar-refractivity contribution in [3.05, 3.63) is 33.8 Å². The van der Waals surface area contributed by atoms with Gasteiger partial charge in [-0.15, -0.1) is 0 Å². The summed E-state index contributed by atoms with van der Waals surface area (Å²) in [6, 6.07) is 7.95. The largest absolute Gasteiger partial charge is 0.329 e. The Morgan fingerprint density at radius 2 is 2.21 bits per heavy atom. The summed E-state index contributed by atoms with van der Waals surface area (Å²) in [7, 11) is 0. The van der Waals surface area contributed by atoms with Gasteiger partial charge in [0.15, 0.2) is 0 Å². The molecule has 1 aliphatic carbocycles. The fourth-order valence-electron chi connectivity index (χ4n) is 3.82. The molecule has 2 aliphatic rings. The number of nitrogens with zero attached hydrogens (tertiary/aromatic N) is 1. The number of hydrogen-bond donors (Lipinski definition) is 1. The van der Waals surface area contributed by atoms with Gasteiger partial charge in [-0.2, -0.15) is 0 Å². The van der Waals surface area contributed by atoms with Gasteiger partial charge in [-0.25, -0.2) is 0 Å². The number of aryl methyl sites for hydroxylation is 1. The predicted octanol–water partition coefficient (Wildman–Crippen LogP) is 3.50. The highest BCUT2D eigenvalue weighted by Crippen LogP contribution is 2.40. The number of benzene rings is 1. The minimum Gasteiger partial charge on any atom is -0.329 e. The Bertz CT molecular complexity index is 460. The zero-order valence-electron chi connectivity index (χ0n) is 11.6. The first kappa shape index (κ1) is 13.6. The Morgan fingerprint density at radius 3 is 3.00 bits per heavy atom. The molecule has 3 unspecified atom stereocenters. The summed E-state index contributed by atoms with van der Waals surface area (Å²) in [6.45, 7) is 4.37. The number of nitrogens with two attached hydrogens (primary N) is 1. The Labute approximate surface area is 124 Å². The molecular weight excluding hydrogens is 300 g/mol. The van der Waals surface area contributed by atoms with E-state index in [4.69, 9.17) is 5.73 Å². The SMILES string of the molecule is CC1CCN(C2CCc3cc(Br)ccc32)C(CN)C1. The van der Waals surface area contributed by atoms with Gasteiger partial charge in [0.25, 0.3) is 0 Å². The third-order valence-corrected chi connectivity index (χ3v) is 5.34. The molecule has 3 atom stereocenters. The van der Waals surface area contributed by atoms with Gasteiger partial charge in [0.05, 0.1) is 0 Å². The molecule has 0 amide bonds. The first-order valence-electron chi connectivity index (χ1n) is 7.43. The normalized spacial score (nSPS) is 31.4. The Kier molecular flexibility index (Phi) is 3.97. The number of fused-ring (bicyclic) bond motifs is 1. The first-order chi connectivity index (χ1) is 9.19. The molecule has 0 aromatic heterocycles. The lowest BCUT2D eigenvalue weighted by Crippen LogP contribution is -2.47. The zero-order chi connectivity index (χ0) is 13.4. The molecule has 3 heteroatoms. The molecular formula is C16H23BrN2. The molecule has 0 radical (unpaired) electrons. The van der Waals surface area contributed by atoms with Crippen molar-refractivity contribution in [3.63, 3.8) is 0 Å². The quantitative estimate of drug-likeness (QED) is 0.903. The van der Waals surface area contributed by atoms with Gasteiger partial charge in [0.1, 0.15) is 0 Å². The van der Waals surface area contributed by atoms with E-state index >= 15 is 0 Å². The molecule has 1 aromatic rings. The van der Waals surface area contributed by atoms with Crippen molar-refractivity contribution in [1.82, 2.24) is 4.90 Å². The average molecular weight is 323 g/mol. The van der Waals surface area contributed by atoms with E-state index < -0.39 is 0 Å². The van der Waals surface area contributed by atoms with Crippen molar-refractivity contribution in [2.75, 3.05) is 13.1 Å². The predicted molar refractivity (Wildman–Crippen MR) is 83.2 cm³/mol. The molecule has 1 aliphatic heterocycles. The lowest BCUT2D eigenvalue weighted by Gasteiger charge is -2.42. The summed E-state index contributed by atoms with van der Waals surface area (Å²) in [5, 5.41) is 0. The lowest BCUT2D eigenvalue weighted by atomic mass is 9.90. The minimum atomic E-state index is 0.573. The fourth-order valence-corrected chi connectivity index (χ4v) is 4.23. The second-order valence-corrected chi connectivity index (χ2v) is 7.07. The van der Waals surface area contributed by atoms with Crippen molar-refractivity contribution in [3.8, 4) is 0 Å². The van der Waals surface area contributed by atoms with Crippen LogP contribution in [0, 0.1) is 5.92 Å². The van der Waals surface area contributed by atoms with E-state index in [2.05, 4.69) is 46.0 Å². The van der Waals surface area contributed by atoms with Crippen LogP contribution in [-0.2, 0) is 6.42 Å². The number of piperidine rings is 1. The molecule has 0 bridgehead atoms. The number of likely N-dealkylation sites (tertiary alicyclic amines) is 1. The van der Waals surface area contributed by atoms with Crippen LogP contribution in [0.15, 0.2) is 22.7 Å². The zero-order valence-corrected chi connectivity index (χ0v) is 13.2. The van der Waals surface area contributed by atoms with Crippen molar-refractivity contribution in [2.45, 2.75) is 44.7 Å². The molecule has 0 spiro atoms. The molecule has 1 fully saturated rings. The van der Waals surface area contributed by atoms with E-state index in [-0.39, 0.29) is 0 Å². The summed E-state index contributed by atoms with van der Waals surface area (Å²) in [4.78, 5) is 2.68. The van der Waals surface area contributed by atoms with Crippen LogP contribution in [0.5, 0.6) is 0 Å². The second-order valence-electron chi connectivity index (χ2n) is 6.15. The number of hydrogen-bond acceptors (Lipinski definition) is 2. The first-order valence-corrected chi connectivity index (χ1v) is 8.22. The summed E-state index contributed by atoms with van der Waals surface area (Å²) >= 11 is 3.58. The summed E-state index contributed by atoms with van der Waals surface area (Å²) in [5.41, 5.74) is 9.08. The molecule has 1 heterocycles. The van der Waals surface area contributed by atoms with Crippen molar-refractivity contribution in [1.29, 1.82) is 0 Å². The summed E-state index contributed by atoms with van der Waals surface area (Å²) in [5.74, 6) is 0.829. The van der Waals surface area contributed by atoms with E-state index in [1.54, 1.807) is 0 Å². The molecule has 2 N–H and O–H groups in total. The third kappa shape index (κ3) is 2.61. The standard InChI is InChI=1S/C16H23BrN2/c1-11-6-7-19(14(8-11)10-18)16-5-2-12-9-13(17)3-4-15(12)16/h3-4,9,11,14,16H,2,5-8,10,18H2,1H3. The van der Waals surface area contributed by atoms with Gasteiger partial charge in [-0.05, 0) is 61.4 Å². The van der Waals surface area contributed by atoms with Gasteiger partial charge in [-0.3, -0.25) is 4.90 Å². The highest BCUT2D eigenvalue weighted by atomic mass is 79.9. The van der Waals surface area contributed by atoms with E-state index in [1.807, 2.05) is 0 Å². The minimum absolute atomic E-state index is 0.573. The van der Waals surface area contributed by atoms with Crippen LogP contribution in [0.25, 0.3) is 0 Å².